The molecule has 0 amide bonds. The number of nitrogens with zero attached hydrogens (tertiary/aromatic N) is 2. The van der Waals surface area contributed by atoms with Crippen LogP contribution in [0.5, 0.6) is 11.6 Å². The molecule has 4 rings (SSSR count). The van der Waals surface area contributed by atoms with E-state index in [1.807, 2.05) is 60.7 Å². The highest BCUT2D eigenvalue weighted by molar-refractivity contribution is 5.95. The zero-order valence-corrected chi connectivity index (χ0v) is 13.4. The summed E-state index contributed by atoms with van der Waals surface area (Å²) in [4.78, 5) is 11.0. The Bertz CT molecular complexity index is 1060. The number of nitroso groups, excluding NO2 is 1. The zero-order chi connectivity index (χ0) is 17.2. The maximum absolute atomic E-state index is 11.0. The summed E-state index contributed by atoms with van der Waals surface area (Å²) in [5.41, 5.74) is 0.830. The van der Waals surface area contributed by atoms with Crippen LogP contribution < -0.4 is 4.74 Å². The van der Waals surface area contributed by atoms with Crippen molar-refractivity contribution in [2.24, 2.45) is 5.18 Å². The number of para-hydroxylation sites is 1. The minimum absolute atomic E-state index is 0.0701. The highest BCUT2D eigenvalue weighted by atomic mass is 16.5. The topological polar surface area (TPSA) is 63.8 Å². The lowest BCUT2D eigenvalue weighted by molar-refractivity contribution is 0.293. The molecule has 0 aliphatic carbocycles. The normalized spacial score (nSPS) is 11.0. The summed E-state index contributed by atoms with van der Waals surface area (Å²) in [6, 6.07) is 21.2. The van der Waals surface area contributed by atoms with Crippen LogP contribution in [-0.2, 0) is 6.54 Å². The lowest BCUT2D eigenvalue weighted by Crippen LogP contribution is -2.07. The Morgan fingerprint density at radius 2 is 1.64 bits per heavy atom. The molecule has 0 saturated heterocycles. The van der Waals surface area contributed by atoms with Crippen molar-refractivity contribution in [1.82, 2.24) is 4.57 Å². The van der Waals surface area contributed by atoms with Crippen molar-refractivity contribution >= 4 is 27.4 Å². The van der Waals surface area contributed by atoms with Crippen molar-refractivity contribution in [3.05, 3.63) is 71.6 Å². The lowest BCUT2D eigenvalue weighted by atomic mass is 10.1. The quantitative estimate of drug-likeness (QED) is 0.524. The van der Waals surface area contributed by atoms with Gasteiger partial charge in [0.1, 0.15) is 12.4 Å². The maximum Gasteiger partial charge on any atom is 0.222 e. The van der Waals surface area contributed by atoms with Crippen LogP contribution in [0.15, 0.2) is 71.9 Å². The number of aromatic hydroxyl groups is 1. The molecule has 0 radical (unpaired) electrons. The van der Waals surface area contributed by atoms with E-state index in [-0.39, 0.29) is 11.6 Å². The Labute approximate surface area is 144 Å². The van der Waals surface area contributed by atoms with Gasteiger partial charge < -0.3 is 14.4 Å². The second kappa shape index (κ2) is 6.28. The third-order valence-corrected chi connectivity index (χ3v) is 4.33. The van der Waals surface area contributed by atoms with Crippen molar-refractivity contribution in [3.63, 3.8) is 0 Å². The van der Waals surface area contributed by atoms with E-state index in [1.54, 1.807) is 10.6 Å². The molecular formula is C20H16N2O3. The molecule has 0 saturated carbocycles. The van der Waals surface area contributed by atoms with Gasteiger partial charge in [0.2, 0.25) is 5.88 Å². The molecule has 0 spiro atoms. The largest absolute Gasteiger partial charge is 0.493 e. The Morgan fingerprint density at radius 3 is 2.48 bits per heavy atom. The predicted molar refractivity (Wildman–Crippen MR) is 98.5 cm³/mol. The van der Waals surface area contributed by atoms with Crippen LogP contribution in [-0.4, -0.2) is 16.3 Å². The fourth-order valence-corrected chi connectivity index (χ4v) is 3.16. The van der Waals surface area contributed by atoms with E-state index in [9.17, 15) is 10.0 Å². The molecule has 5 heteroatoms. The van der Waals surface area contributed by atoms with Gasteiger partial charge in [-0.2, -0.15) is 0 Å². The van der Waals surface area contributed by atoms with Gasteiger partial charge in [-0.05, 0) is 22.7 Å². The number of benzene rings is 3. The molecule has 25 heavy (non-hydrogen) atoms. The van der Waals surface area contributed by atoms with Gasteiger partial charge in [0.05, 0.1) is 12.1 Å². The molecule has 4 aromatic rings. The van der Waals surface area contributed by atoms with E-state index in [2.05, 4.69) is 5.18 Å². The first-order valence-corrected chi connectivity index (χ1v) is 8.03. The molecule has 0 fully saturated rings. The molecular weight excluding hydrogens is 316 g/mol. The number of fused-ring (bicyclic) bond motifs is 2. The number of aromatic nitrogens is 1. The molecule has 0 aliphatic heterocycles. The Kier molecular flexibility index (Phi) is 3.82. The van der Waals surface area contributed by atoms with Crippen molar-refractivity contribution in [1.29, 1.82) is 0 Å². The summed E-state index contributed by atoms with van der Waals surface area (Å²) >= 11 is 0. The highest BCUT2D eigenvalue weighted by Gasteiger charge is 2.16. The van der Waals surface area contributed by atoms with Crippen LogP contribution in [0, 0.1) is 4.91 Å². The second-order valence-corrected chi connectivity index (χ2v) is 5.76. The van der Waals surface area contributed by atoms with E-state index in [1.165, 1.54) is 0 Å². The van der Waals surface area contributed by atoms with Crippen molar-refractivity contribution in [2.45, 2.75) is 6.54 Å². The predicted octanol–water partition coefficient (Wildman–Crippen LogP) is 4.98. The molecule has 0 unspecified atom stereocenters. The molecule has 5 nitrogen and oxygen atoms in total. The van der Waals surface area contributed by atoms with Crippen molar-refractivity contribution in [3.8, 4) is 11.6 Å². The fraction of sp³-hybridized carbons (Fsp3) is 0.100. The van der Waals surface area contributed by atoms with E-state index >= 15 is 0 Å². The first-order chi connectivity index (χ1) is 12.3. The van der Waals surface area contributed by atoms with Crippen LogP contribution in [0.2, 0.25) is 0 Å². The van der Waals surface area contributed by atoms with Crippen LogP contribution in [0.3, 0.4) is 0 Å². The molecule has 1 N–H and O–H groups in total. The number of ether oxygens (including phenoxy) is 1. The summed E-state index contributed by atoms with van der Waals surface area (Å²) in [7, 11) is 0. The molecule has 3 aromatic carbocycles. The van der Waals surface area contributed by atoms with Crippen LogP contribution in [0.4, 0.5) is 5.69 Å². The third kappa shape index (κ3) is 2.59. The summed E-state index contributed by atoms with van der Waals surface area (Å²) < 4.78 is 7.58. The monoisotopic (exact) mass is 332 g/mol. The van der Waals surface area contributed by atoms with E-state index < -0.39 is 0 Å². The second-order valence-electron chi connectivity index (χ2n) is 5.76. The smallest absolute Gasteiger partial charge is 0.222 e. The van der Waals surface area contributed by atoms with E-state index in [4.69, 9.17) is 4.74 Å². The Hall–Kier alpha value is -3.34. The molecule has 1 aromatic heterocycles. The highest BCUT2D eigenvalue weighted by Crippen LogP contribution is 2.38. The van der Waals surface area contributed by atoms with Crippen molar-refractivity contribution in [2.75, 3.05) is 6.61 Å². The maximum atomic E-state index is 11.0. The van der Waals surface area contributed by atoms with E-state index in [0.29, 0.717) is 18.5 Å². The summed E-state index contributed by atoms with van der Waals surface area (Å²) in [5.74, 6) is 0.667. The zero-order valence-electron chi connectivity index (χ0n) is 13.4. The van der Waals surface area contributed by atoms with Gasteiger partial charge in [-0.1, -0.05) is 54.6 Å². The molecule has 0 aliphatic rings. The van der Waals surface area contributed by atoms with Gasteiger partial charge in [-0.15, -0.1) is 4.91 Å². The molecule has 0 bridgehead atoms. The SMILES string of the molecule is O=Nc1c(O)n(CCOc2cccc3ccccc23)c2ccccc12. The average Bonchev–Trinajstić information content (AvgIpc) is 2.93. The van der Waals surface area contributed by atoms with Gasteiger partial charge in [-0.25, -0.2) is 0 Å². The first-order valence-electron chi connectivity index (χ1n) is 8.03. The van der Waals surface area contributed by atoms with Gasteiger partial charge in [-0.3, -0.25) is 0 Å². The minimum atomic E-state index is -0.127. The summed E-state index contributed by atoms with van der Waals surface area (Å²) in [6.07, 6.45) is 0. The van der Waals surface area contributed by atoms with Gasteiger partial charge in [0, 0.05) is 10.8 Å². The molecule has 0 atom stereocenters. The standard InChI is InChI=1S/C20H16N2O3/c23-20-19(21-24)16-9-3-4-10-17(16)22(20)12-13-25-18-11-5-7-14-6-1-2-8-15(14)18/h1-11,23H,12-13H2. The minimum Gasteiger partial charge on any atom is -0.493 e. The Morgan fingerprint density at radius 1 is 0.920 bits per heavy atom. The number of hydrogen-bond acceptors (Lipinski definition) is 4. The number of hydrogen-bond donors (Lipinski definition) is 1. The summed E-state index contributed by atoms with van der Waals surface area (Å²) in [6.45, 7) is 0.767. The molecule has 1 heterocycles. The first kappa shape index (κ1) is 15.2. The van der Waals surface area contributed by atoms with Crippen LogP contribution >= 0.6 is 0 Å². The fourth-order valence-electron chi connectivity index (χ4n) is 3.16. The molecule has 124 valence electrons. The summed E-state index contributed by atoms with van der Waals surface area (Å²) in [5, 5.41) is 16.1. The average molecular weight is 332 g/mol. The lowest BCUT2D eigenvalue weighted by Gasteiger charge is -2.11. The van der Waals surface area contributed by atoms with Gasteiger partial charge in [0.25, 0.3) is 0 Å². The van der Waals surface area contributed by atoms with Crippen LogP contribution in [0.25, 0.3) is 21.7 Å². The number of rotatable bonds is 5. The third-order valence-electron chi connectivity index (χ3n) is 4.33. The Balaban J connectivity index is 1.61. The van der Waals surface area contributed by atoms with E-state index in [0.717, 1.165) is 22.0 Å². The van der Waals surface area contributed by atoms with Crippen LogP contribution in [0.1, 0.15) is 0 Å². The van der Waals surface area contributed by atoms with Gasteiger partial charge >= 0.3 is 0 Å². The van der Waals surface area contributed by atoms with Gasteiger partial charge in [0.15, 0.2) is 5.69 Å². The van der Waals surface area contributed by atoms with Crippen molar-refractivity contribution < 1.29 is 9.84 Å².